The summed E-state index contributed by atoms with van der Waals surface area (Å²) in [5.74, 6) is -0.0196. The summed E-state index contributed by atoms with van der Waals surface area (Å²) in [6, 6.07) is 12.5. The van der Waals surface area contributed by atoms with Gasteiger partial charge in [0.15, 0.2) is 0 Å². The van der Waals surface area contributed by atoms with Gasteiger partial charge in [-0.25, -0.2) is 8.42 Å². The lowest BCUT2D eigenvalue weighted by Gasteiger charge is -2.22. The fraction of sp³-hybridized carbons (Fsp3) is 0.211. The van der Waals surface area contributed by atoms with Gasteiger partial charge in [-0.3, -0.25) is 9.97 Å². The van der Waals surface area contributed by atoms with Crippen molar-refractivity contribution in [3.8, 4) is 0 Å². The summed E-state index contributed by atoms with van der Waals surface area (Å²) in [4.78, 5) is 8.59. The molecule has 1 aromatic heterocycles. The molecule has 2 heterocycles. The van der Waals surface area contributed by atoms with Crippen LogP contribution in [0.1, 0.15) is 30.5 Å². The molecule has 0 saturated heterocycles. The number of nitrogens with zero attached hydrogens (tertiary/aromatic N) is 4. The fourth-order valence-corrected chi connectivity index (χ4v) is 4.33. The number of benzene rings is 2. The van der Waals surface area contributed by atoms with Crippen LogP contribution in [-0.2, 0) is 10.0 Å². The summed E-state index contributed by atoms with van der Waals surface area (Å²) in [6.45, 7) is 1.62. The van der Waals surface area contributed by atoms with Crippen molar-refractivity contribution in [2.75, 3.05) is 5.75 Å². The molecule has 4 rings (SSSR count). The monoisotopic (exact) mass is 400 g/mol. The van der Waals surface area contributed by atoms with Gasteiger partial charge in [0.05, 0.1) is 28.5 Å². The molecule has 0 bridgehead atoms. The van der Waals surface area contributed by atoms with Crippen molar-refractivity contribution < 1.29 is 8.42 Å². The third-order valence-electron chi connectivity index (χ3n) is 4.58. The van der Waals surface area contributed by atoms with Crippen LogP contribution in [0.2, 0.25) is 5.02 Å². The van der Waals surface area contributed by atoms with Crippen LogP contribution in [0.3, 0.4) is 0 Å². The van der Waals surface area contributed by atoms with Crippen molar-refractivity contribution in [1.82, 2.24) is 14.4 Å². The van der Waals surface area contributed by atoms with Gasteiger partial charge in [0.25, 0.3) is 0 Å². The van der Waals surface area contributed by atoms with Crippen molar-refractivity contribution in [3.63, 3.8) is 0 Å². The third kappa shape index (κ3) is 3.40. The first-order valence-electron chi connectivity index (χ1n) is 8.54. The molecule has 138 valence electrons. The average molecular weight is 401 g/mol. The van der Waals surface area contributed by atoms with Crippen LogP contribution in [0.15, 0.2) is 60.0 Å². The summed E-state index contributed by atoms with van der Waals surface area (Å²) in [5, 5.41) is 5.08. The van der Waals surface area contributed by atoms with E-state index in [1.54, 1.807) is 31.5 Å². The Labute approximate surface area is 162 Å². The van der Waals surface area contributed by atoms with E-state index >= 15 is 0 Å². The van der Waals surface area contributed by atoms with Gasteiger partial charge in [0, 0.05) is 23.8 Å². The van der Waals surface area contributed by atoms with Gasteiger partial charge in [0.2, 0.25) is 10.0 Å². The molecule has 0 aliphatic carbocycles. The van der Waals surface area contributed by atoms with Gasteiger partial charge >= 0.3 is 0 Å². The molecular weight excluding hydrogens is 384 g/mol. The number of rotatable bonds is 4. The lowest BCUT2D eigenvalue weighted by atomic mass is 9.99. The van der Waals surface area contributed by atoms with E-state index in [9.17, 15) is 8.42 Å². The minimum atomic E-state index is -3.51. The normalized spacial score (nSPS) is 17.3. The molecule has 3 aromatic rings. The van der Waals surface area contributed by atoms with Crippen LogP contribution in [0, 0.1) is 0 Å². The van der Waals surface area contributed by atoms with Gasteiger partial charge in [-0.15, -0.1) is 0 Å². The molecule has 2 aromatic carbocycles. The lowest BCUT2D eigenvalue weighted by molar-refractivity contribution is 0.372. The van der Waals surface area contributed by atoms with E-state index in [2.05, 4.69) is 15.1 Å². The van der Waals surface area contributed by atoms with Gasteiger partial charge < -0.3 is 0 Å². The Bertz CT molecular complexity index is 1130. The van der Waals surface area contributed by atoms with Gasteiger partial charge in [-0.2, -0.15) is 9.52 Å². The minimum absolute atomic E-state index is 0.0196. The number of fused-ring (bicyclic) bond motifs is 1. The van der Waals surface area contributed by atoms with Crippen LogP contribution in [-0.4, -0.2) is 34.3 Å². The molecular formula is C19H17ClN4O2S. The summed E-state index contributed by atoms with van der Waals surface area (Å²) >= 11 is 5.96. The highest BCUT2D eigenvalue weighted by molar-refractivity contribution is 7.89. The number of aromatic nitrogens is 2. The number of sulfonamides is 1. The van der Waals surface area contributed by atoms with E-state index in [1.807, 2.05) is 30.3 Å². The van der Waals surface area contributed by atoms with Crippen molar-refractivity contribution in [1.29, 1.82) is 0 Å². The number of hydrogen-bond donors (Lipinski definition) is 0. The maximum absolute atomic E-state index is 12.6. The second-order valence-corrected chi connectivity index (χ2v) is 8.80. The molecule has 0 spiro atoms. The van der Waals surface area contributed by atoms with Gasteiger partial charge in [-0.05, 0) is 42.3 Å². The average Bonchev–Trinajstić information content (AvgIpc) is 3.14. The van der Waals surface area contributed by atoms with Crippen LogP contribution in [0.5, 0.6) is 0 Å². The van der Waals surface area contributed by atoms with Crippen LogP contribution >= 0.6 is 11.6 Å². The maximum atomic E-state index is 12.6. The molecule has 0 N–H and O–H groups in total. The molecule has 1 aliphatic rings. The van der Waals surface area contributed by atoms with E-state index in [-0.39, 0.29) is 5.75 Å². The molecule has 8 heteroatoms. The Morgan fingerprint density at radius 3 is 2.48 bits per heavy atom. The summed E-state index contributed by atoms with van der Waals surface area (Å²) in [7, 11) is -3.51. The molecule has 1 atom stereocenters. The van der Waals surface area contributed by atoms with Crippen molar-refractivity contribution >= 4 is 38.4 Å². The predicted molar refractivity (Wildman–Crippen MR) is 106 cm³/mol. The zero-order valence-corrected chi connectivity index (χ0v) is 16.2. The SMILES string of the molecule is CCS(=O)(=O)N1N=C(c2ccc(Cl)cc2)C[C@@H]1c1ccc2nccnc2c1. The van der Waals surface area contributed by atoms with Crippen molar-refractivity contribution in [3.05, 3.63) is 71.0 Å². The minimum Gasteiger partial charge on any atom is -0.253 e. The first kappa shape index (κ1) is 17.9. The number of hydrazone groups is 1. The predicted octanol–water partition coefficient (Wildman–Crippen LogP) is 3.78. The van der Waals surface area contributed by atoms with Crippen molar-refractivity contribution in [2.45, 2.75) is 19.4 Å². The molecule has 0 unspecified atom stereocenters. The first-order valence-corrected chi connectivity index (χ1v) is 10.5. The molecule has 0 fully saturated rings. The largest absolute Gasteiger partial charge is 0.253 e. The first-order chi connectivity index (χ1) is 13.0. The second kappa shape index (κ2) is 6.90. The Morgan fingerprint density at radius 2 is 1.78 bits per heavy atom. The summed E-state index contributed by atoms with van der Waals surface area (Å²) < 4.78 is 26.5. The standard InChI is InChI=1S/C19H17ClN4O2S/c1-2-27(25,26)24-19(12-17(23-24)13-3-6-15(20)7-4-13)14-5-8-16-18(11-14)22-10-9-21-16/h3-11,19H,2,12H2,1H3/t19-/m1/s1. The van der Waals surface area contributed by atoms with E-state index in [0.29, 0.717) is 17.2 Å². The highest BCUT2D eigenvalue weighted by atomic mass is 35.5. The summed E-state index contributed by atoms with van der Waals surface area (Å²) in [5.41, 5.74) is 3.91. The lowest BCUT2D eigenvalue weighted by Crippen LogP contribution is -2.28. The molecule has 1 aliphatic heterocycles. The van der Waals surface area contributed by atoms with E-state index < -0.39 is 16.1 Å². The van der Waals surface area contributed by atoms with E-state index in [1.165, 1.54) is 4.41 Å². The van der Waals surface area contributed by atoms with Crippen LogP contribution in [0.4, 0.5) is 0 Å². The molecule has 0 amide bonds. The smallest absolute Gasteiger partial charge is 0.250 e. The van der Waals surface area contributed by atoms with Gasteiger partial charge in [-0.1, -0.05) is 29.8 Å². The third-order valence-corrected chi connectivity index (χ3v) is 6.47. The zero-order chi connectivity index (χ0) is 19.0. The van der Waals surface area contributed by atoms with E-state index in [0.717, 1.165) is 22.2 Å². The fourth-order valence-electron chi connectivity index (χ4n) is 3.13. The second-order valence-electron chi connectivity index (χ2n) is 6.25. The Hall–Kier alpha value is -2.51. The highest BCUT2D eigenvalue weighted by Crippen LogP contribution is 2.36. The number of halogens is 1. The Balaban J connectivity index is 1.77. The molecule has 0 saturated carbocycles. The Morgan fingerprint density at radius 1 is 1.07 bits per heavy atom. The number of hydrogen-bond acceptors (Lipinski definition) is 5. The quantitative estimate of drug-likeness (QED) is 0.667. The van der Waals surface area contributed by atoms with E-state index in [4.69, 9.17) is 11.6 Å². The maximum Gasteiger partial charge on any atom is 0.250 e. The van der Waals surface area contributed by atoms with Crippen molar-refractivity contribution in [2.24, 2.45) is 5.10 Å². The Kier molecular flexibility index (Phi) is 4.57. The molecule has 6 nitrogen and oxygen atoms in total. The summed E-state index contributed by atoms with van der Waals surface area (Å²) in [6.07, 6.45) is 3.73. The molecule has 0 radical (unpaired) electrons. The molecule has 27 heavy (non-hydrogen) atoms. The van der Waals surface area contributed by atoms with Crippen LogP contribution < -0.4 is 0 Å². The highest BCUT2D eigenvalue weighted by Gasteiger charge is 2.35. The van der Waals surface area contributed by atoms with Gasteiger partial charge in [0.1, 0.15) is 0 Å². The topological polar surface area (TPSA) is 75.5 Å². The van der Waals surface area contributed by atoms with Crippen LogP contribution in [0.25, 0.3) is 11.0 Å². The zero-order valence-electron chi connectivity index (χ0n) is 14.6.